The molecule has 4 atom stereocenters. The first kappa shape index (κ1) is 13.9. The maximum absolute atomic E-state index is 12.6. The molecule has 114 valence electrons. The number of hydrazine groups is 1. The average molecular weight is 373 g/mol. The van der Waals surface area contributed by atoms with E-state index in [1.165, 1.54) is 31.5 Å². The number of nitrogens with one attached hydrogen (secondary N) is 2. The number of nitrogens with two attached hydrogens (primary N) is 1. The summed E-state index contributed by atoms with van der Waals surface area (Å²) in [5.41, 5.74) is 2.35. The van der Waals surface area contributed by atoms with Gasteiger partial charge in [0.2, 0.25) is 10.0 Å². The van der Waals surface area contributed by atoms with Crippen LogP contribution in [-0.4, -0.2) is 19.4 Å². The van der Waals surface area contributed by atoms with E-state index >= 15 is 0 Å². The van der Waals surface area contributed by atoms with Crippen molar-refractivity contribution in [3.8, 4) is 0 Å². The Morgan fingerprint density at radius 3 is 2.57 bits per heavy atom. The molecule has 0 saturated heterocycles. The number of rotatable bonds is 4. The molecule has 1 heterocycles. The fourth-order valence-corrected chi connectivity index (χ4v) is 6.39. The first-order valence-corrected chi connectivity index (χ1v) is 9.43. The van der Waals surface area contributed by atoms with E-state index in [1.807, 2.05) is 0 Å². The van der Waals surface area contributed by atoms with Crippen LogP contribution in [-0.2, 0) is 10.0 Å². The van der Waals surface area contributed by atoms with Crippen LogP contribution in [0.4, 0.5) is 5.82 Å². The van der Waals surface area contributed by atoms with Gasteiger partial charge in [0.05, 0.1) is 0 Å². The summed E-state index contributed by atoms with van der Waals surface area (Å²) in [6.07, 6.45) is 5.33. The monoisotopic (exact) mass is 372 g/mol. The quantitative estimate of drug-likeness (QED) is 0.548. The van der Waals surface area contributed by atoms with Crippen LogP contribution < -0.4 is 16.0 Å². The summed E-state index contributed by atoms with van der Waals surface area (Å²) in [6.45, 7) is 0. The summed E-state index contributed by atoms with van der Waals surface area (Å²) >= 11 is 3.25. The molecule has 0 radical (unpaired) electrons. The van der Waals surface area contributed by atoms with Crippen LogP contribution >= 0.6 is 15.9 Å². The van der Waals surface area contributed by atoms with E-state index in [9.17, 15) is 8.42 Å². The van der Waals surface area contributed by atoms with E-state index in [1.54, 1.807) is 0 Å². The molecule has 0 amide bonds. The number of nitrogen functional groups attached to an aromatic ring is 1. The number of hydrogen-bond donors (Lipinski definition) is 3. The summed E-state index contributed by atoms with van der Waals surface area (Å²) in [4.78, 5) is 4.10. The van der Waals surface area contributed by atoms with E-state index in [2.05, 4.69) is 31.1 Å². The van der Waals surface area contributed by atoms with E-state index in [0.717, 1.165) is 11.8 Å². The fraction of sp³-hybridized carbons (Fsp3) is 0.615. The number of nitrogens with zero attached hydrogens (tertiary/aromatic N) is 1. The van der Waals surface area contributed by atoms with Gasteiger partial charge in [-0.15, -0.1) is 0 Å². The Morgan fingerprint density at radius 2 is 1.95 bits per heavy atom. The van der Waals surface area contributed by atoms with Crippen molar-refractivity contribution in [3.05, 3.63) is 16.7 Å². The minimum Gasteiger partial charge on any atom is -0.307 e. The molecule has 3 aliphatic rings. The highest BCUT2D eigenvalue weighted by Gasteiger charge is 2.65. The van der Waals surface area contributed by atoms with E-state index in [4.69, 9.17) is 5.84 Å². The van der Waals surface area contributed by atoms with Crippen LogP contribution in [0.1, 0.15) is 19.3 Å². The molecule has 1 aromatic rings. The van der Waals surface area contributed by atoms with Crippen molar-refractivity contribution >= 4 is 31.8 Å². The Balaban J connectivity index is 1.59. The first-order chi connectivity index (χ1) is 10.0. The van der Waals surface area contributed by atoms with Crippen molar-refractivity contribution in [2.45, 2.75) is 30.2 Å². The van der Waals surface area contributed by atoms with E-state index in [0.29, 0.717) is 16.3 Å². The lowest BCUT2D eigenvalue weighted by molar-refractivity contribution is 0.456. The average Bonchev–Trinajstić information content (AvgIpc) is 2.85. The van der Waals surface area contributed by atoms with Crippen molar-refractivity contribution in [2.75, 3.05) is 5.43 Å². The van der Waals surface area contributed by atoms with Gasteiger partial charge in [-0.2, -0.15) is 0 Å². The smallest absolute Gasteiger partial charge is 0.244 e. The topological polar surface area (TPSA) is 97.1 Å². The van der Waals surface area contributed by atoms with Gasteiger partial charge in [-0.05, 0) is 64.9 Å². The van der Waals surface area contributed by atoms with Crippen molar-refractivity contribution in [2.24, 2.45) is 29.5 Å². The number of aromatic nitrogens is 1. The van der Waals surface area contributed by atoms with Gasteiger partial charge in [0.25, 0.3) is 0 Å². The minimum absolute atomic E-state index is 0.0942. The Kier molecular flexibility index (Phi) is 3.08. The second-order valence-corrected chi connectivity index (χ2v) is 8.88. The van der Waals surface area contributed by atoms with Crippen LogP contribution in [0.3, 0.4) is 0 Å². The maximum atomic E-state index is 12.6. The molecule has 4 rings (SSSR count). The minimum atomic E-state index is -3.61. The van der Waals surface area contributed by atoms with Gasteiger partial charge < -0.3 is 5.43 Å². The highest BCUT2D eigenvalue weighted by atomic mass is 79.9. The van der Waals surface area contributed by atoms with Crippen LogP contribution in [0, 0.1) is 23.7 Å². The standard InChI is InChI=1S/C13H17BrN4O2S/c14-8-4-9(13(17-15)16-5-8)21(19,20)18-12-10-6-1-2-7(3-6)11(10)12/h4-7,10-12,18H,1-3,15H2,(H,16,17). The zero-order valence-electron chi connectivity index (χ0n) is 11.3. The third-order valence-electron chi connectivity index (χ3n) is 5.27. The summed E-state index contributed by atoms with van der Waals surface area (Å²) in [5, 5.41) is 0. The highest BCUT2D eigenvalue weighted by molar-refractivity contribution is 9.10. The van der Waals surface area contributed by atoms with Gasteiger partial charge in [-0.3, -0.25) is 0 Å². The Bertz CT molecular complexity index is 679. The van der Waals surface area contributed by atoms with E-state index in [-0.39, 0.29) is 16.8 Å². The zero-order valence-corrected chi connectivity index (χ0v) is 13.7. The molecule has 1 aromatic heterocycles. The molecular formula is C13H17BrN4O2S. The van der Waals surface area contributed by atoms with Crippen molar-refractivity contribution in [1.29, 1.82) is 0 Å². The van der Waals surface area contributed by atoms with Crippen LogP contribution in [0.5, 0.6) is 0 Å². The van der Waals surface area contributed by atoms with Gasteiger partial charge in [-0.1, -0.05) is 0 Å². The van der Waals surface area contributed by atoms with Crippen LogP contribution in [0.15, 0.2) is 21.6 Å². The molecule has 4 N–H and O–H groups in total. The molecule has 3 fully saturated rings. The number of anilines is 1. The number of fused-ring (bicyclic) bond motifs is 5. The Morgan fingerprint density at radius 1 is 1.29 bits per heavy atom. The van der Waals surface area contributed by atoms with E-state index < -0.39 is 10.0 Å². The molecule has 3 saturated carbocycles. The SMILES string of the molecule is NNc1ncc(Br)cc1S(=O)(=O)NC1C2C3CCC(C3)C12. The normalized spacial score (nSPS) is 36.6. The van der Waals surface area contributed by atoms with Crippen molar-refractivity contribution in [3.63, 3.8) is 0 Å². The lowest BCUT2D eigenvalue weighted by Crippen LogP contribution is -2.31. The molecule has 6 nitrogen and oxygen atoms in total. The van der Waals surface area contributed by atoms with Gasteiger partial charge in [0, 0.05) is 16.7 Å². The van der Waals surface area contributed by atoms with Gasteiger partial charge in [-0.25, -0.2) is 24.0 Å². The lowest BCUT2D eigenvalue weighted by Gasteiger charge is -2.13. The van der Waals surface area contributed by atoms with Crippen LogP contribution in [0.2, 0.25) is 0 Å². The predicted molar refractivity (Wildman–Crippen MR) is 81.7 cm³/mol. The molecule has 0 aromatic carbocycles. The van der Waals surface area contributed by atoms with Crippen molar-refractivity contribution in [1.82, 2.24) is 9.71 Å². The summed E-state index contributed by atoms with van der Waals surface area (Å²) in [5.74, 6) is 8.08. The second kappa shape index (κ2) is 4.65. The molecule has 21 heavy (non-hydrogen) atoms. The third kappa shape index (κ3) is 2.11. The fourth-order valence-electron chi connectivity index (χ4n) is 4.46. The Hall–Kier alpha value is -0.700. The number of hydrogen-bond acceptors (Lipinski definition) is 5. The number of halogens is 1. The lowest BCUT2D eigenvalue weighted by atomic mass is 10.0. The zero-order chi connectivity index (χ0) is 14.8. The maximum Gasteiger partial charge on any atom is 0.244 e. The van der Waals surface area contributed by atoms with Gasteiger partial charge >= 0.3 is 0 Å². The molecule has 8 heteroatoms. The molecule has 0 aliphatic heterocycles. The number of sulfonamides is 1. The molecule has 0 spiro atoms. The predicted octanol–water partition coefficient (Wildman–Crippen LogP) is 1.45. The summed E-state index contributed by atoms with van der Waals surface area (Å²) in [7, 11) is -3.61. The van der Waals surface area contributed by atoms with Crippen LogP contribution in [0.25, 0.3) is 0 Å². The summed E-state index contributed by atoms with van der Waals surface area (Å²) < 4.78 is 28.7. The first-order valence-electron chi connectivity index (χ1n) is 7.16. The summed E-state index contributed by atoms with van der Waals surface area (Å²) in [6, 6.07) is 1.63. The molecule has 3 aliphatic carbocycles. The van der Waals surface area contributed by atoms with Crippen molar-refractivity contribution < 1.29 is 8.42 Å². The molecule has 4 unspecified atom stereocenters. The Labute approximate surface area is 132 Å². The second-order valence-electron chi connectivity index (χ2n) is 6.28. The van der Waals surface area contributed by atoms with Gasteiger partial charge in [0.1, 0.15) is 4.90 Å². The molecular weight excluding hydrogens is 356 g/mol. The highest BCUT2D eigenvalue weighted by Crippen LogP contribution is 2.65. The van der Waals surface area contributed by atoms with Gasteiger partial charge in [0.15, 0.2) is 5.82 Å². The largest absolute Gasteiger partial charge is 0.307 e. The molecule has 2 bridgehead atoms. The number of pyridine rings is 1. The third-order valence-corrected chi connectivity index (χ3v) is 7.18.